The van der Waals surface area contributed by atoms with Crippen LogP contribution in [0, 0.1) is 0 Å². The first-order valence-corrected chi connectivity index (χ1v) is 12.1. The van der Waals surface area contributed by atoms with E-state index in [2.05, 4.69) is 10.6 Å². The van der Waals surface area contributed by atoms with Gasteiger partial charge in [0, 0.05) is 37.9 Å². The minimum atomic E-state index is -0.574. The van der Waals surface area contributed by atoms with Crippen LogP contribution >= 0.6 is 11.3 Å². The summed E-state index contributed by atoms with van der Waals surface area (Å²) in [6, 6.07) is 18.6. The number of amides is 3. The molecule has 2 aliphatic rings. The van der Waals surface area contributed by atoms with Gasteiger partial charge in [-0.15, -0.1) is 11.3 Å². The molecule has 1 aromatic heterocycles. The van der Waals surface area contributed by atoms with Gasteiger partial charge < -0.3 is 15.0 Å². The molecule has 0 atom stereocenters. The standard InChI is InChI=1S/C26H25N3O4S/c1-27-25(32)28-23-19(15-22(34-23)17-7-3-2-4-8-17)24(31)29-13-11-26(12-14-29)16-20(30)18-9-5-6-10-21(18)33-26/h2-10,15H,11-14,16H2,1H3,(H2,27,28,32). The van der Waals surface area contributed by atoms with E-state index in [9.17, 15) is 14.4 Å². The molecule has 5 rings (SSSR count). The summed E-state index contributed by atoms with van der Waals surface area (Å²) in [4.78, 5) is 40.9. The highest BCUT2D eigenvalue weighted by atomic mass is 32.1. The first kappa shape index (κ1) is 22.2. The van der Waals surface area contributed by atoms with E-state index in [-0.39, 0.29) is 17.7 Å². The Labute approximate surface area is 201 Å². The predicted octanol–water partition coefficient (Wildman–Crippen LogP) is 4.81. The van der Waals surface area contributed by atoms with Crippen molar-refractivity contribution < 1.29 is 19.1 Å². The Balaban J connectivity index is 1.36. The number of para-hydroxylation sites is 1. The fraction of sp³-hybridized carbons (Fsp3) is 0.269. The van der Waals surface area contributed by atoms with Crippen molar-refractivity contribution in [3.05, 3.63) is 71.8 Å². The van der Waals surface area contributed by atoms with Gasteiger partial charge in [-0.05, 0) is 23.8 Å². The zero-order valence-electron chi connectivity index (χ0n) is 18.8. The van der Waals surface area contributed by atoms with Crippen LogP contribution in [0.3, 0.4) is 0 Å². The minimum absolute atomic E-state index is 0.0871. The third-order valence-corrected chi connectivity index (χ3v) is 7.53. The monoisotopic (exact) mass is 475 g/mol. The molecule has 174 valence electrons. The van der Waals surface area contributed by atoms with Crippen molar-refractivity contribution in [1.82, 2.24) is 10.2 Å². The Hall–Kier alpha value is -3.65. The summed E-state index contributed by atoms with van der Waals surface area (Å²) >= 11 is 1.37. The van der Waals surface area contributed by atoms with Crippen molar-refractivity contribution in [1.29, 1.82) is 0 Å². The van der Waals surface area contributed by atoms with Crippen molar-refractivity contribution in [2.45, 2.75) is 24.9 Å². The van der Waals surface area contributed by atoms with Crippen LogP contribution in [-0.2, 0) is 0 Å². The molecule has 3 heterocycles. The van der Waals surface area contributed by atoms with E-state index in [4.69, 9.17) is 4.74 Å². The lowest BCUT2D eigenvalue weighted by Gasteiger charge is -2.43. The van der Waals surface area contributed by atoms with Crippen LogP contribution in [0.1, 0.15) is 40.0 Å². The Bertz CT molecular complexity index is 1250. The summed E-state index contributed by atoms with van der Waals surface area (Å²) in [5.41, 5.74) is 1.50. The molecule has 0 unspecified atom stereocenters. The number of piperidine rings is 1. The molecule has 2 aliphatic heterocycles. The number of nitrogens with zero attached hydrogens (tertiary/aromatic N) is 1. The zero-order valence-corrected chi connectivity index (χ0v) is 19.6. The number of carbonyl (C=O) groups excluding carboxylic acids is 3. The maximum Gasteiger partial charge on any atom is 0.319 e. The van der Waals surface area contributed by atoms with Gasteiger partial charge in [0.25, 0.3) is 5.91 Å². The molecule has 1 fully saturated rings. The molecule has 3 aromatic rings. The van der Waals surface area contributed by atoms with Crippen molar-refractivity contribution >= 4 is 34.1 Å². The Morgan fingerprint density at radius 3 is 2.47 bits per heavy atom. The molecule has 0 saturated carbocycles. The van der Waals surface area contributed by atoms with E-state index in [1.54, 1.807) is 11.0 Å². The van der Waals surface area contributed by atoms with Gasteiger partial charge in [0.15, 0.2) is 5.78 Å². The van der Waals surface area contributed by atoms with E-state index in [0.717, 1.165) is 10.4 Å². The van der Waals surface area contributed by atoms with E-state index >= 15 is 0 Å². The Morgan fingerprint density at radius 2 is 1.74 bits per heavy atom. The van der Waals surface area contributed by atoms with Crippen LogP contribution in [0.5, 0.6) is 5.75 Å². The molecule has 0 bridgehead atoms. The molecule has 7 nitrogen and oxygen atoms in total. The molecule has 2 aromatic carbocycles. The Morgan fingerprint density at radius 1 is 1.03 bits per heavy atom. The number of urea groups is 1. The number of hydrogen-bond acceptors (Lipinski definition) is 5. The number of fused-ring (bicyclic) bond motifs is 1. The van der Waals surface area contributed by atoms with E-state index in [1.165, 1.54) is 18.4 Å². The fourth-order valence-corrected chi connectivity index (χ4v) is 5.61. The summed E-state index contributed by atoms with van der Waals surface area (Å²) in [6.07, 6.45) is 1.48. The van der Waals surface area contributed by atoms with Crippen molar-refractivity contribution in [2.75, 3.05) is 25.5 Å². The molecular formula is C26H25N3O4S. The van der Waals surface area contributed by atoms with Crippen LogP contribution in [0.4, 0.5) is 9.80 Å². The fourth-order valence-electron chi connectivity index (χ4n) is 4.56. The van der Waals surface area contributed by atoms with E-state index < -0.39 is 5.60 Å². The topological polar surface area (TPSA) is 87.7 Å². The minimum Gasteiger partial charge on any atom is -0.486 e. The van der Waals surface area contributed by atoms with Gasteiger partial charge in [-0.2, -0.15) is 0 Å². The Kier molecular flexibility index (Phi) is 5.83. The van der Waals surface area contributed by atoms with Gasteiger partial charge in [-0.25, -0.2) is 4.79 Å². The average Bonchev–Trinajstić information content (AvgIpc) is 3.28. The smallest absolute Gasteiger partial charge is 0.319 e. The van der Waals surface area contributed by atoms with Gasteiger partial charge in [-0.3, -0.25) is 14.9 Å². The highest BCUT2D eigenvalue weighted by Crippen LogP contribution is 2.41. The molecule has 8 heteroatoms. The van der Waals surface area contributed by atoms with Crippen LogP contribution in [0.25, 0.3) is 10.4 Å². The van der Waals surface area contributed by atoms with Crippen LogP contribution in [0.15, 0.2) is 60.7 Å². The van der Waals surface area contributed by atoms with Crippen molar-refractivity contribution in [3.8, 4) is 16.2 Å². The SMILES string of the molecule is CNC(=O)Nc1sc(-c2ccccc2)cc1C(=O)N1CCC2(CC1)CC(=O)c1ccccc1O2. The van der Waals surface area contributed by atoms with Gasteiger partial charge in [-0.1, -0.05) is 42.5 Å². The maximum absolute atomic E-state index is 13.5. The summed E-state index contributed by atoms with van der Waals surface area (Å²) in [5, 5.41) is 5.85. The summed E-state index contributed by atoms with van der Waals surface area (Å²) in [6.45, 7) is 0.953. The third kappa shape index (κ3) is 4.17. The van der Waals surface area contributed by atoms with Crippen LogP contribution in [0.2, 0.25) is 0 Å². The van der Waals surface area contributed by atoms with E-state index in [1.807, 2.05) is 54.6 Å². The van der Waals surface area contributed by atoms with Crippen molar-refractivity contribution in [2.24, 2.45) is 0 Å². The van der Waals surface area contributed by atoms with Gasteiger partial charge in [0.2, 0.25) is 0 Å². The molecule has 0 radical (unpaired) electrons. The lowest BCUT2D eigenvalue weighted by atomic mass is 9.82. The van der Waals surface area contributed by atoms with Crippen LogP contribution in [-0.4, -0.2) is 48.4 Å². The second kappa shape index (κ2) is 8.95. The van der Waals surface area contributed by atoms with Crippen molar-refractivity contribution in [3.63, 3.8) is 0 Å². The average molecular weight is 476 g/mol. The maximum atomic E-state index is 13.5. The molecule has 3 amide bonds. The number of rotatable bonds is 3. The first-order chi connectivity index (χ1) is 16.5. The second-order valence-corrected chi connectivity index (χ2v) is 9.65. The van der Waals surface area contributed by atoms with Gasteiger partial charge in [0.05, 0.1) is 17.5 Å². The van der Waals surface area contributed by atoms with Gasteiger partial charge >= 0.3 is 6.03 Å². The summed E-state index contributed by atoms with van der Waals surface area (Å²) in [7, 11) is 1.54. The number of benzene rings is 2. The number of anilines is 1. The number of Topliss-reactive ketones (excluding diaryl/α,β-unsaturated/α-hetero) is 1. The summed E-state index contributed by atoms with van der Waals surface area (Å²) < 4.78 is 6.30. The highest BCUT2D eigenvalue weighted by Gasteiger charge is 2.44. The molecule has 1 spiro atoms. The van der Waals surface area contributed by atoms with Gasteiger partial charge in [0.1, 0.15) is 16.4 Å². The normalized spacial score (nSPS) is 16.5. The number of ether oxygens (including phenoxy) is 1. The lowest BCUT2D eigenvalue weighted by Crippen LogP contribution is -2.52. The summed E-state index contributed by atoms with van der Waals surface area (Å²) in [5.74, 6) is 0.576. The number of nitrogens with one attached hydrogen (secondary N) is 2. The number of ketones is 1. The zero-order chi connectivity index (χ0) is 23.7. The first-order valence-electron chi connectivity index (χ1n) is 11.3. The molecule has 2 N–H and O–H groups in total. The quantitative estimate of drug-likeness (QED) is 0.569. The third-order valence-electron chi connectivity index (χ3n) is 6.43. The number of hydrogen-bond donors (Lipinski definition) is 2. The molecular weight excluding hydrogens is 450 g/mol. The molecule has 1 saturated heterocycles. The second-order valence-electron chi connectivity index (χ2n) is 8.60. The number of carbonyl (C=O) groups is 3. The highest BCUT2D eigenvalue weighted by molar-refractivity contribution is 7.20. The van der Waals surface area contributed by atoms with Crippen LogP contribution < -0.4 is 15.4 Å². The molecule has 0 aliphatic carbocycles. The van der Waals surface area contributed by atoms with E-state index in [0.29, 0.717) is 54.2 Å². The largest absolute Gasteiger partial charge is 0.486 e. The predicted molar refractivity (Wildman–Crippen MR) is 132 cm³/mol. The molecule has 34 heavy (non-hydrogen) atoms. The number of likely N-dealkylation sites (tertiary alicyclic amines) is 1. The number of thiophene rings is 1. The lowest BCUT2D eigenvalue weighted by molar-refractivity contribution is -0.00566.